The van der Waals surface area contributed by atoms with Gasteiger partial charge in [0.1, 0.15) is 12.5 Å². The monoisotopic (exact) mass is 457 g/mol. The highest BCUT2D eigenvalue weighted by Gasteiger charge is 2.21. The molecule has 0 bridgehead atoms. The van der Waals surface area contributed by atoms with Gasteiger partial charge in [0, 0.05) is 6.26 Å². The third kappa shape index (κ3) is 3360. The van der Waals surface area contributed by atoms with Crippen molar-refractivity contribution in [1.29, 1.82) is 0 Å². The Labute approximate surface area is 138 Å². The lowest BCUT2D eigenvalue weighted by Gasteiger charge is -1.94. The van der Waals surface area contributed by atoms with E-state index in [0.29, 0.717) is 9.93 Å². The van der Waals surface area contributed by atoms with E-state index in [4.69, 9.17) is 0 Å². The first kappa shape index (κ1) is 35.9. The molecule has 0 atom stereocenters. The van der Waals surface area contributed by atoms with Gasteiger partial charge in [-0.05, 0) is 0 Å². The van der Waals surface area contributed by atoms with Crippen molar-refractivity contribution in [3.8, 4) is 0 Å². The van der Waals surface area contributed by atoms with E-state index < -0.39 is 29.0 Å². The zero-order chi connectivity index (χ0) is 22.3. The molecule has 0 aromatic carbocycles. The van der Waals surface area contributed by atoms with Gasteiger partial charge in [0.25, 0.3) is 0 Å². The minimum atomic E-state index is -6.00. The molecule has 22 heteroatoms. The Hall–Kier alpha value is -0.160. The Balaban J connectivity index is -0.0000000667. The van der Waals surface area contributed by atoms with E-state index in [9.17, 15) is 69.1 Å². The molecular formula is C3H9B4F16S2-3. The Bertz CT molecular complexity index is 195. The number of halogens is 16. The summed E-state index contributed by atoms with van der Waals surface area (Å²) in [4.78, 5) is 0. The van der Waals surface area contributed by atoms with Crippen molar-refractivity contribution in [3.05, 3.63) is 0 Å². The minimum Gasteiger partial charge on any atom is -0.418 e. The largest absolute Gasteiger partial charge is 0.673 e. The highest BCUT2D eigenvalue weighted by atomic mass is 33.1. The molecular weight excluding hydrogens is 447 g/mol. The van der Waals surface area contributed by atoms with Gasteiger partial charge in [0.15, 0.2) is 0 Å². The van der Waals surface area contributed by atoms with Gasteiger partial charge in [-0.1, -0.05) is 0 Å². The normalized spacial score (nSPS) is 11.5. The van der Waals surface area contributed by atoms with Crippen molar-refractivity contribution in [2.75, 3.05) is 18.8 Å². The van der Waals surface area contributed by atoms with Crippen LogP contribution in [-0.4, -0.2) is 47.8 Å². The SMILES string of the molecule is CS[S+](C)C.F[B-](F)(F)F.F[B-](F)(F)F.F[B-](F)(F)F.F[B-](F)(F)F. The zero-order valence-electron chi connectivity index (χ0n) is 12.2. The van der Waals surface area contributed by atoms with Crippen LogP contribution in [0.4, 0.5) is 69.1 Å². The van der Waals surface area contributed by atoms with Crippen molar-refractivity contribution in [2.45, 2.75) is 0 Å². The molecule has 0 aromatic rings. The van der Waals surface area contributed by atoms with Crippen LogP contribution < -0.4 is 0 Å². The predicted octanol–water partition coefficient (Wildman–Crippen LogP) is 6.34. The first-order valence-electron chi connectivity index (χ1n) is 4.88. The van der Waals surface area contributed by atoms with Crippen molar-refractivity contribution in [3.63, 3.8) is 0 Å². The average molecular weight is 456 g/mol. The third-order valence-corrected chi connectivity index (χ3v) is 3.00. The number of hydrogen-bond acceptors (Lipinski definition) is 1. The highest BCUT2D eigenvalue weighted by molar-refractivity contribution is 8.73. The van der Waals surface area contributed by atoms with Crippen LogP contribution in [-0.2, 0) is 9.93 Å². The molecule has 0 saturated heterocycles. The molecule has 0 unspecified atom stereocenters. The fraction of sp³-hybridized carbons (Fsp3) is 1.00. The maximum absolute atomic E-state index is 9.75. The van der Waals surface area contributed by atoms with E-state index in [1.54, 1.807) is 0 Å². The molecule has 0 rings (SSSR count). The van der Waals surface area contributed by atoms with E-state index in [0.717, 1.165) is 0 Å². The van der Waals surface area contributed by atoms with E-state index in [-0.39, 0.29) is 0 Å². The summed E-state index contributed by atoms with van der Waals surface area (Å²) < 4.78 is 156. The summed E-state index contributed by atoms with van der Waals surface area (Å²) in [7, 11) is -21.5. The Morgan fingerprint density at radius 3 is 0.480 bits per heavy atom. The molecule has 25 heavy (non-hydrogen) atoms. The van der Waals surface area contributed by atoms with Crippen LogP contribution in [0.1, 0.15) is 0 Å². The van der Waals surface area contributed by atoms with Crippen LogP contribution in [0, 0.1) is 0 Å². The lowest BCUT2D eigenvalue weighted by atomic mass is 10.3. The second-order valence-electron chi connectivity index (χ2n) is 2.89. The van der Waals surface area contributed by atoms with Gasteiger partial charge in [-0.2, -0.15) is 0 Å². The quantitative estimate of drug-likeness (QED) is 0.192. The molecule has 0 aliphatic rings. The van der Waals surface area contributed by atoms with Gasteiger partial charge in [0.05, 0.1) is 20.7 Å². The molecule has 0 saturated carbocycles. The van der Waals surface area contributed by atoms with Crippen LogP contribution in [0.25, 0.3) is 0 Å². The Morgan fingerprint density at radius 2 is 0.480 bits per heavy atom. The molecule has 0 heterocycles. The van der Waals surface area contributed by atoms with Crippen LogP contribution >= 0.6 is 10.8 Å². The maximum Gasteiger partial charge on any atom is 0.673 e. The number of rotatable bonds is 1. The summed E-state index contributed by atoms with van der Waals surface area (Å²) in [6, 6.07) is 0. The second kappa shape index (κ2) is 16.0. The predicted molar refractivity (Wildman–Crippen MR) is 73.5 cm³/mol. The summed E-state index contributed by atoms with van der Waals surface area (Å²) in [5, 5.41) is 0. The topological polar surface area (TPSA) is 0 Å². The molecule has 160 valence electrons. The molecule has 0 amide bonds. The van der Waals surface area contributed by atoms with Crippen molar-refractivity contribution >= 4 is 49.7 Å². The summed E-state index contributed by atoms with van der Waals surface area (Å²) in [5.74, 6) is 0. The summed E-state index contributed by atoms with van der Waals surface area (Å²) >= 11 is 0. The smallest absolute Gasteiger partial charge is 0.418 e. The van der Waals surface area contributed by atoms with E-state index in [1.165, 1.54) is 0 Å². The van der Waals surface area contributed by atoms with Crippen molar-refractivity contribution < 1.29 is 69.1 Å². The molecule has 0 nitrogen and oxygen atoms in total. The van der Waals surface area contributed by atoms with Gasteiger partial charge in [-0.3, -0.25) is 0 Å². The molecule has 0 aliphatic carbocycles. The van der Waals surface area contributed by atoms with Crippen LogP contribution in [0.5, 0.6) is 0 Å². The Morgan fingerprint density at radius 1 is 0.440 bits per heavy atom. The van der Waals surface area contributed by atoms with Crippen molar-refractivity contribution in [1.82, 2.24) is 0 Å². The van der Waals surface area contributed by atoms with Gasteiger partial charge in [0.2, 0.25) is 0 Å². The van der Waals surface area contributed by atoms with Crippen LogP contribution in [0.2, 0.25) is 0 Å². The van der Waals surface area contributed by atoms with Gasteiger partial charge >= 0.3 is 29.0 Å². The second-order valence-corrected chi connectivity index (χ2v) is 7.70. The first-order chi connectivity index (χ1) is 10.3. The molecule has 0 radical (unpaired) electrons. The fourth-order valence-electron chi connectivity index (χ4n) is 0. The van der Waals surface area contributed by atoms with Crippen molar-refractivity contribution in [2.24, 2.45) is 0 Å². The minimum absolute atomic E-state index is 0.594. The van der Waals surface area contributed by atoms with Gasteiger partial charge in [-0.15, -0.1) is 0 Å². The van der Waals surface area contributed by atoms with Crippen LogP contribution in [0.15, 0.2) is 0 Å². The average Bonchev–Trinajstić information content (AvgIpc) is 2.05. The number of hydrogen-bond donors (Lipinski definition) is 0. The van der Waals surface area contributed by atoms with E-state index in [2.05, 4.69) is 18.8 Å². The molecule has 0 aliphatic heterocycles. The summed E-state index contributed by atoms with van der Waals surface area (Å²) in [6.45, 7) is 0. The van der Waals surface area contributed by atoms with E-state index in [1.807, 2.05) is 10.8 Å². The third-order valence-electron chi connectivity index (χ3n) is 0.333. The van der Waals surface area contributed by atoms with Gasteiger partial charge in [-0.25, -0.2) is 0 Å². The fourth-order valence-corrected chi connectivity index (χ4v) is 0. The van der Waals surface area contributed by atoms with Crippen LogP contribution in [0.3, 0.4) is 0 Å². The summed E-state index contributed by atoms with van der Waals surface area (Å²) in [5.41, 5.74) is 0. The molecule has 0 fully saturated rings. The van der Waals surface area contributed by atoms with E-state index >= 15 is 0 Å². The lowest BCUT2D eigenvalue weighted by Crippen LogP contribution is -2.02. The standard InChI is InChI=1S/C3H9S2.4BF4/c1-4-5(2)3;4*2-1(3,4)5/h1-3H3;;;;/q+1;4*-1. The molecule has 0 N–H and O–H groups in total. The highest BCUT2D eigenvalue weighted by Crippen LogP contribution is 2.08. The first-order valence-corrected chi connectivity index (χ1v) is 8.67. The molecule has 0 spiro atoms. The maximum atomic E-state index is 9.75. The summed E-state index contributed by atoms with van der Waals surface area (Å²) in [6.07, 6.45) is 6.55. The Kier molecular flexibility index (Phi) is 23.0. The molecule has 0 aromatic heterocycles. The zero-order valence-corrected chi connectivity index (χ0v) is 13.8. The van der Waals surface area contributed by atoms with Gasteiger partial charge < -0.3 is 69.1 Å². The lowest BCUT2D eigenvalue weighted by molar-refractivity contribution is 0.366.